The van der Waals surface area contributed by atoms with E-state index in [4.69, 9.17) is 16.5 Å². The summed E-state index contributed by atoms with van der Waals surface area (Å²) in [6.45, 7) is 7.38. The number of rotatable bonds is 5. The lowest BCUT2D eigenvalue weighted by Crippen LogP contribution is -1.95. The summed E-state index contributed by atoms with van der Waals surface area (Å²) < 4.78 is 0. The number of pyridine rings is 4. The van der Waals surface area contributed by atoms with Gasteiger partial charge in [0.2, 0.25) is 0 Å². The molecule has 8 aromatic rings. The van der Waals surface area contributed by atoms with E-state index in [0.717, 1.165) is 66.3 Å². The first-order chi connectivity index (χ1) is 23.7. The molecule has 0 bridgehead atoms. The van der Waals surface area contributed by atoms with E-state index in [9.17, 15) is 5.26 Å². The van der Waals surface area contributed by atoms with Crippen molar-refractivity contribution in [2.24, 2.45) is 0 Å². The van der Waals surface area contributed by atoms with Crippen LogP contribution in [0.15, 0.2) is 146 Å². The summed E-state index contributed by atoms with van der Waals surface area (Å²) in [5.74, 6) is 0. The Labute approximate surface area is 277 Å². The summed E-state index contributed by atoms with van der Waals surface area (Å²) >= 11 is 0. The molecule has 0 aliphatic rings. The van der Waals surface area contributed by atoms with Gasteiger partial charge >= 0.3 is 0 Å². The smallest absolute Gasteiger partial charge is 0.190 e. The van der Waals surface area contributed by atoms with E-state index in [1.165, 1.54) is 0 Å². The molecule has 0 aliphatic carbocycles. The van der Waals surface area contributed by atoms with E-state index in [-0.39, 0.29) is 0 Å². The number of aromatic nitrogens is 4. The molecule has 0 fully saturated rings. The third-order valence-electron chi connectivity index (χ3n) is 8.52. The normalized spacial score (nSPS) is 10.9. The van der Waals surface area contributed by atoms with Crippen LogP contribution in [0.4, 0.5) is 5.69 Å². The molecule has 0 spiro atoms. The molecule has 222 valence electrons. The fraction of sp³-hybridized carbons (Fsp3) is 0. The van der Waals surface area contributed by atoms with Crippen LogP contribution >= 0.6 is 0 Å². The fourth-order valence-electron chi connectivity index (χ4n) is 6.23. The van der Waals surface area contributed by atoms with Crippen LogP contribution in [0.2, 0.25) is 0 Å². The van der Waals surface area contributed by atoms with Gasteiger partial charge in [-0.05, 0) is 87.3 Å². The van der Waals surface area contributed by atoms with Gasteiger partial charge in [0.15, 0.2) is 5.69 Å². The highest BCUT2D eigenvalue weighted by Gasteiger charge is 2.19. The number of nitrogens with zero attached hydrogens (tertiary/aromatic N) is 6. The van der Waals surface area contributed by atoms with Crippen molar-refractivity contribution in [1.82, 2.24) is 19.9 Å². The topological polar surface area (TPSA) is 79.7 Å². The maximum absolute atomic E-state index is 9.39. The zero-order valence-corrected chi connectivity index (χ0v) is 25.5. The number of benzene rings is 4. The summed E-state index contributed by atoms with van der Waals surface area (Å²) in [5, 5.41) is 13.6. The quantitative estimate of drug-likeness (QED) is 0.143. The van der Waals surface area contributed by atoms with E-state index < -0.39 is 0 Å². The van der Waals surface area contributed by atoms with Gasteiger partial charge in [-0.1, -0.05) is 66.7 Å². The average Bonchev–Trinajstić information content (AvgIpc) is 3.17. The van der Waals surface area contributed by atoms with E-state index in [1.54, 1.807) is 36.7 Å². The lowest BCUT2D eigenvalue weighted by molar-refractivity contribution is 1.27. The van der Waals surface area contributed by atoms with Crippen LogP contribution < -0.4 is 0 Å². The largest absolute Gasteiger partial charge is 0.259 e. The van der Waals surface area contributed by atoms with Gasteiger partial charge in [0.1, 0.15) is 0 Å². The van der Waals surface area contributed by atoms with Crippen molar-refractivity contribution in [3.8, 4) is 62.2 Å². The molecule has 0 atom stereocenters. The minimum atomic E-state index is 0.541. The first-order valence-corrected chi connectivity index (χ1v) is 15.4. The fourth-order valence-corrected chi connectivity index (χ4v) is 6.23. The highest BCUT2D eigenvalue weighted by atomic mass is 14.7. The molecule has 4 aromatic carbocycles. The molecular weight excluding hydrogens is 589 g/mol. The Hall–Kier alpha value is -7.02. The second-order valence-corrected chi connectivity index (χ2v) is 11.3. The summed E-state index contributed by atoms with van der Waals surface area (Å²) in [7, 11) is 0. The minimum absolute atomic E-state index is 0.541. The van der Waals surface area contributed by atoms with Crippen LogP contribution in [0, 0.1) is 17.9 Å². The summed E-state index contributed by atoms with van der Waals surface area (Å²) in [4.78, 5) is 22.4. The predicted molar refractivity (Wildman–Crippen MR) is 191 cm³/mol. The molecule has 0 unspecified atom stereocenters. The highest BCUT2D eigenvalue weighted by molar-refractivity contribution is 6.21. The van der Waals surface area contributed by atoms with E-state index in [1.807, 2.05) is 42.7 Å². The molecule has 6 nitrogen and oxygen atoms in total. The standard InChI is InChI=1S/C42H24N6/c1-44-32-18-20-46-40(23-32)31-13-15-37(47-26-31)41-33-9-5-6-10-34(33)42(36-22-29(11-14-35(36)41)28-7-3-2-4-8-28)38-16-12-30(25-48-38)39-21-27(24-43)17-19-45-39/h2-23,25-26H. The molecule has 0 radical (unpaired) electrons. The van der Waals surface area contributed by atoms with Crippen LogP contribution in [0.3, 0.4) is 0 Å². The molecule has 0 N–H and O–H groups in total. The Bertz CT molecular complexity index is 2560. The summed E-state index contributed by atoms with van der Waals surface area (Å²) in [5.41, 5.74) is 10.2. The van der Waals surface area contributed by atoms with Gasteiger partial charge < -0.3 is 0 Å². The summed E-state index contributed by atoms with van der Waals surface area (Å²) in [6.07, 6.45) is 6.95. The second-order valence-electron chi connectivity index (χ2n) is 11.3. The van der Waals surface area contributed by atoms with Gasteiger partial charge in [0.05, 0.1) is 41.0 Å². The third kappa shape index (κ3) is 5.10. The van der Waals surface area contributed by atoms with Gasteiger partial charge in [-0.3, -0.25) is 19.9 Å². The molecule has 0 amide bonds. The molecule has 0 saturated heterocycles. The average molecular weight is 613 g/mol. The van der Waals surface area contributed by atoms with Crippen LogP contribution in [-0.4, -0.2) is 19.9 Å². The second kappa shape index (κ2) is 12.1. The SMILES string of the molecule is [C-]#[N+]c1ccnc(-c2ccc(-c3c4ccccc4c(-c4ccc(-c5cc(C#N)ccn5)cn4)c4cc(-c5ccccc5)ccc34)nc2)c1. The number of nitriles is 1. The van der Waals surface area contributed by atoms with Crippen LogP contribution in [0.1, 0.15) is 5.56 Å². The Kier molecular flexibility index (Phi) is 7.15. The van der Waals surface area contributed by atoms with Crippen molar-refractivity contribution in [2.45, 2.75) is 0 Å². The monoisotopic (exact) mass is 612 g/mol. The highest BCUT2D eigenvalue weighted by Crippen LogP contribution is 2.44. The van der Waals surface area contributed by atoms with Crippen molar-refractivity contribution in [3.05, 3.63) is 163 Å². The molecule has 8 rings (SSSR count). The molecule has 0 saturated carbocycles. The molecule has 0 aliphatic heterocycles. The van der Waals surface area contributed by atoms with Gasteiger partial charge in [-0.25, -0.2) is 4.85 Å². The van der Waals surface area contributed by atoms with Crippen molar-refractivity contribution >= 4 is 27.2 Å². The lowest BCUT2D eigenvalue weighted by atomic mass is 9.87. The third-order valence-corrected chi connectivity index (χ3v) is 8.52. The van der Waals surface area contributed by atoms with Crippen molar-refractivity contribution < 1.29 is 0 Å². The van der Waals surface area contributed by atoms with Gasteiger partial charge in [-0.15, -0.1) is 0 Å². The molecule has 6 heteroatoms. The minimum Gasteiger partial charge on any atom is -0.259 e. The molecule has 4 heterocycles. The Morgan fingerprint density at radius 1 is 0.479 bits per heavy atom. The van der Waals surface area contributed by atoms with Crippen LogP contribution in [0.25, 0.3) is 82.5 Å². The Morgan fingerprint density at radius 3 is 1.69 bits per heavy atom. The van der Waals surface area contributed by atoms with Crippen LogP contribution in [0.5, 0.6) is 0 Å². The molecular formula is C42H24N6. The predicted octanol–water partition coefficient (Wildman–Crippen LogP) is 10.3. The van der Waals surface area contributed by atoms with Crippen molar-refractivity contribution in [2.75, 3.05) is 0 Å². The zero-order chi connectivity index (χ0) is 32.5. The lowest BCUT2D eigenvalue weighted by Gasteiger charge is -2.18. The molecule has 4 aromatic heterocycles. The summed E-state index contributed by atoms with van der Waals surface area (Å²) in [6, 6.07) is 42.6. The zero-order valence-electron chi connectivity index (χ0n) is 25.5. The van der Waals surface area contributed by atoms with Crippen molar-refractivity contribution in [1.29, 1.82) is 5.26 Å². The molecule has 48 heavy (non-hydrogen) atoms. The number of fused-ring (bicyclic) bond motifs is 2. The first kappa shape index (κ1) is 28.5. The van der Waals surface area contributed by atoms with Gasteiger partial charge in [0, 0.05) is 47.0 Å². The van der Waals surface area contributed by atoms with Gasteiger partial charge in [0.25, 0.3) is 0 Å². The Balaban J connectivity index is 1.35. The van der Waals surface area contributed by atoms with Gasteiger partial charge in [-0.2, -0.15) is 5.26 Å². The van der Waals surface area contributed by atoms with Crippen LogP contribution in [-0.2, 0) is 0 Å². The maximum atomic E-state index is 9.39. The van der Waals surface area contributed by atoms with E-state index >= 15 is 0 Å². The first-order valence-electron chi connectivity index (χ1n) is 15.4. The Morgan fingerprint density at radius 2 is 1.06 bits per heavy atom. The van der Waals surface area contributed by atoms with E-state index in [0.29, 0.717) is 22.6 Å². The number of hydrogen-bond donors (Lipinski definition) is 0. The van der Waals surface area contributed by atoms with E-state index in [2.05, 4.69) is 87.6 Å². The maximum Gasteiger partial charge on any atom is 0.190 e. The number of hydrogen-bond acceptors (Lipinski definition) is 5. The van der Waals surface area contributed by atoms with Crippen molar-refractivity contribution in [3.63, 3.8) is 0 Å².